The van der Waals surface area contributed by atoms with Crippen molar-refractivity contribution in [3.63, 3.8) is 0 Å². The van der Waals surface area contributed by atoms with E-state index in [1.807, 2.05) is 12.1 Å². The Balaban J connectivity index is 2.56. The largest absolute Gasteiger partial charge is 0.375 e. The van der Waals surface area contributed by atoms with Gasteiger partial charge in [0.05, 0.1) is 30.9 Å². The molecular weight excluding hydrogens is 164 g/mol. The van der Waals surface area contributed by atoms with Crippen molar-refractivity contribution in [1.29, 1.82) is 5.26 Å². The van der Waals surface area contributed by atoms with Crippen LogP contribution in [0, 0.1) is 11.3 Å². The molecule has 2 rings (SSSR count). The second-order valence-corrected chi connectivity index (χ2v) is 3.11. The van der Waals surface area contributed by atoms with Crippen LogP contribution in [0.25, 0.3) is 0 Å². The van der Waals surface area contributed by atoms with Crippen LogP contribution in [0.15, 0.2) is 18.2 Å². The molecule has 1 atom stereocenters. The lowest BCUT2D eigenvalue weighted by Crippen LogP contribution is -2.24. The molecule has 1 aromatic carbocycles. The highest BCUT2D eigenvalue weighted by molar-refractivity contribution is 5.44. The van der Waals surface area contributed by atoms with E-state index < -0.39 is 0 Å². The quantitative estimate of drug-likeness (QED) is 0.640. The number of fused-ring (bicyclic) bond motifs is 1. The standard InChI is InChI=1S/C10H10N2O/c11-4-7-2-1-3-8-9(7)5-13-6-10(8)12/h1-3,10H,5-6,12H2. The molecule has 0 saturated carbocycles. The Bertz CT molecular complexity index is 368. The smallest absolute Gasteiger partial charge is 0.0995 e. The maximum absolute atomic E-state index is 8.83. The van der Waals surface area contributed by atoms with E-state index in [1.54, 1.807) is 6.07 Å². The third-order valence-electron chi connectivity index (χ3n) is 2.28. The Labute approximate surface area is 76.7 Å². The molecule has 0 bridgehead atoms. The maximum atomic E-state index is 8.83. The molecule has 3 nitrogen and oxygen atoms in total. The number of rotatable bonds is 0. The molecule has 0 aliphatic carbocycles. The Kier molecular flexibility index (Phi) is 2.01. The molecule has 0 aromatic heterocycles. The van der Waals surface area contributed by atoms with Crippen molar-refractivity contribution < 1.29 is 4.74 Å². The molecule has 66 valence electrons. The second kappa shape index (κ2) is 3.17. The molecule has 0 fully saturated rings. The van der Waals surface area contributed by atoms with Crippen LogP contribution in [-0.2, 0) is 11.3 Å². The van der Waals surface area contributed by atoms with E-state index in [9.17, 15) is 0 Å². The summed E-state index contributed by atoms with van der Waals surface area (Å²) in [5.41, 5.74) is 8.50. The van der Waals surface area contributed by atoms with Gasteiger partial charge in [0.1, 0.15) is 0 Å². The molecule has 3 heteroatoms. The van der Waals surface area contributed by atoms with E-state index in [4.69, 9.17) is 15.7 Å². The molecule has 1 unspecified atom stereocenters. The van der Waals surface area contributed by atoms with Crippen LogP contribution in [-0.4, -0.2) is 6.61 Å². The second-order valence-electron chi connectivity index (χ2n) is 3.11. The van der Waals surface area contributed by atoms with Crippen molar-refractivity contribution in [2.75, 3.05) is 6.61 Å². The van der Waals surface area contributed by atoms with E-state index in [2.05, 4.69) is 6.07 Å². The normalized spacial score (nSPS) is 20.5. The van der Waals surface area contributed by atoms with Gasteiger partial charge in [-0.05, 0) is 11.6 Å². The predicted molar refractivity (Wildman–Crippen MR) is 47.7 cm³/mol. The number of nitriles is 1. The van der Waals surface area contributed by atoms with Gasteiger partial charge in [-0.1, -0.05) is 12.1 Å². The third kappa shape index (κ3) is 1.31. The van der Waals surface area contributed by atoms with E-state index >= 15 is 0 Å². The fourth-order valence-corrected chi connectivity index (χ4v) is 1.60. The summed E-state index contributed by atoms with van der Waals surface area (Å²) in [6.45, 7) is 1.05. The van der Waals surface area contributed by atoms with Gasteiger partial charge < -0.3 is 10.5 Å². The molecule has 1 aliphatic rings. The molecule has 13 heavy (non-hydrogen) atoms. The first kappa shape index (κ1) is 8.24. The first-order chi connectivity index (χ1) is 6.33. The van der Waals surface area contributed by atoms with Crippen molar-refractivity contribution in [2.24, 2.45) is 5.73 Å². The minimum absolute atomic E-state index is 0.0861. The molecule has 1 aliphatic heterocycles. The van der Waals surface area contributed by atoms with Crippen LogP contribution in [0.4, 0.5) is 0 Å². The van der Waals surface area contributed by atoms with Gasteiger partial charge in [-0.25, -0.2) is 0 Å². The average Bonchev–Trinajstić information content (AvgIpc) is 2.18. The van der Waals surface area contributed by atoms with Crippen molar-refractivity contribution in [3.8, 4) is 6.07 Å². The Morgan fingerprint density at radius 3 is 3.15 bits per heavy atom. The lowest BCUT2D eigenvalue weighted by atomic mass is 9.96. The predicted octanol–water partition coefficient (Wildman–Crippen LogP) is 1.09. The van der Waals surface area contributed by atoms with Crippen LogP contribution in [0.3, 0.4) is 0 Å². The number of nitrogens with two attached hydrogens (primary N) is 1. The molecule has 2 N–H and O–H groups in total. The Morgan fingerprint density at radius 2 is 2.38 bits per heavy atom. The van der Waals surface area contributed by atoms with Crippen LogP contribution in [0.5, 0.6) is 0 Å². The van der Waals surface area contributed by atoms with Crippen molar-refractivity contribution >= 4 is 0 Å². The van der Waals surface area contributed by atoms with Gasteiger partial charge in [-0.2, -0.15) is 5.26 Å². The van der Waals surface area contributed by atoms with Crippen LogP contribution < -0.4 is 5.73 Å². The summed E-state index contributed by atoms with van der Waals surface area (Å²) in [6, 6.07) is 7.67. The molecule has 0 spiro atoms. The van der Waals surface area contributed by atoms with Gasteiger partial charge >= 0.3 is 0 Å². The zero-order valence-electron chi connectivity index (χ0n) is 7.16. The van der Waals surface area contributed by atoms with E-state index in [0.29, 0.717) is 18.8 Å². The summed E-state index contributed by atoms with van der Waals surface area (Å²) in [6.07, 6.45) is 0. The molecule has 1 heterocycles. The minimum atomic E-state index is -0.0861. The van der Waals surface area contributed by atoms with Gasteiger partial charge in [0.2, 0.25) is 0 Å². The number of hydrogen-bond donors (Lipinski definition) is 1. The van der Waals surface area contributed by atoms with Crippen LogP contribution in [0.1, 0.15) is 22.7 Å². The summed E-state index contributed by atoms with van der Waals surface area (Å²) < 4.78 is 5.27. The highest BCUT2D eigenvalue weighted by atomic mass is 16.5. The minimum Gasteiger partial charge on any atom is -0.375 e. The van der Waals surface area contributed by atoms with Gasteiger partial charge in [0, 0.05) is 5.56 Å². The van der Waals surface area contributed by atoms with Crippen LogP contribution in [0.2, 0.25) is 0 Å². The average molecular weight is 174 g/mol. The SMILES string of the molecule is N#Cc1cccc2c1COCC2N. The van der Waals surface area contributed by atoms with Gasteiger partial charge in [-0.15, -0.1) is 0 Å². The zero-order chi connectivity index (χ0) is 9.26. The number of hydrogen-bond acceptors (Lipinski definition) is 3. The summed E-state index contributed by atoms with van der Waals surface area (Å²) in [5.74, 6) is 0. The monoisotopic (exact) mass is 174 g/mol. The van der Waals surface area contributed by atoms with Crippen molar-refractivity contribution in [2.45, 2.75) is 12.6 Å². The van der Waals surface area contributed by atoms with Gasteiger partial charge in [-0.3, -0.25) is 0 Å². The molecule has 0 radical (unpaired) electrons. The molecule has 1 aromatic rings. The highest BCUT2D eigenvalue weighted by Gasteiger charge is 2.19. The molecular formula is C10H10N2O. The Hall–Kier alpha value is -1.37. The van der Waals surface area contributed by atoms with E-state index in [-0.39, 0.29) is 6.04 Å². The Morgan fingerprint density at radius 1 is 1.54 bits per heavy atom. The van der Waals surface area contributed by atoms with Crippen molar-refractivity contribution in [1.82, 2.24) is 0 Å². The first-order valence-corrected chi connectivity index (χ1v) is 4.18. The van der Waals surface area contributed by atoms with Crippen LogP contribution >= 0.6 is 0 Å². The topological polar surface area (TPSA) is 59.0 Å². The fourth-order valence-electron chi connectivity index (χ4n) is 1.60. The molecule has 0 saturated heterocycles. The first-order valence-electron chi connectivity index (χ1n) is 4.18. The summed E-state index contributed by atoms with van der Waals surface area (Å²) in [4.78, 5) is 0. The third-order valence-corrected chi connectivity index (χ3v) is 2.28. The summed E-state index contributed by atoms with van der Waals surface area (Å²) in [7, 11) is 0. The lowest BCUT2D eigenvalue weighted by Gasteiger charge is -2.22. The van der Waals surface area contributed by atoms with Gasteiger partial charge in [0.15, 0.2) is 0 Å². The summed E-state index contributed by atoms with van der Waals surface area (Å²) in [5, 5.41) is 8.83. The maximum Gasteiger partial charge on any atom is 0.0995 e. The van der Waals surface area contributed by atoms with E-state index in [0.717, 1.165) is 11.1 Å². The lowest BCUT2D eigenvalue weighted by molar-refractivity contribution is 0.0922. The highest BCUT2D eigenvalue weighted by Crippen LogP contribution is 2.25. The van der Waals surface area contributed by atoms with Crippen molar-refractivity contribution in [3.05, 3.63) is 34.9 Å². The van der Waals surface area contributed by atoms with E-state index in [1.165, 1.54) is 0 Å². The summed E-state index contributed by atoms with van der Waals surface area (Å²) >= 11 is 0. The van der Waals surface area contributed by atoms with Gasteiger partial charge in [0.25, 0.3) is 0 Å². The number of benzene rings is 1. The fraction of sp³-hybridized carbons (Fsp3) is 0.300. The molecule has 0 amide bonds. The number of ether oxygens (including phenoxy) is 1. The zero-order valence-corrected chi connectivity index (χ0v) is 7.16. The number of nitrogens with zero attached hydrogens (tertiary/aromatic N) is 1.